The molecule has 4 heteroatoms. The number of benzene rings is 1. The van der Waals surface area contributed by atoms with Crippen molar-refractivity contribution in [3.63, 3.8) is 0 Å². The van der Waals surface area contributed by atoms with Gasteiger partial charge in [0.1, 0.15) is 0 Å². The molecule has 3 rings (SSSR count). The van der Waals surface area contributed by atoms with Gasteiger partial charge in [-0.3, -0.25) is 19.3 Å². The van der Waals surface area contributed by atoms with Gasteiger partial charge < -0.3 is 0 Å². The van der Waals surface area contributed by atoms with Crippen LogP contribution in [0.4, 0.5) is 0 Å². The molecule has 0 spiro atoms. The molecule has 1 aromatic rings. The number of fused-ring (bicyclic) bond motifs is 1. The Kier molecular flexibility index (Phi) is 3.38. The van der Waals surface area contributed by atoms with Crippen LogP contribution in [0.25, 0.3) is 0 Å². The Morgan fingerprint density at radius 1 is 1.00 bits per heavy atom. The quantitative estimate of drug-likeness (QED) is 0.624. The van der Waals surface area contributed by atoms with Crippen molar-refractivity contribution in [3.8, 4) is 0 Å². The number of imide groups is 1. The Hall–Kier alpha value is -1.97. The van der Waals surface area contributed by atoms with Gasteiger partial charge in [-0.2, -0.15) is 0 Å². The number of carbonyl (C=O) groups is 3. The first-order chi connectivity index (χ1) is 9.68. The van der Waals surface area contributed by atoms with E-state index in [0.29, 0.717) is 5.56 Å². The lowest BCUT2D eigenvalue weighted by atomic mass is 9.81. The molecule has 0 aromatic heterocycles. The number of rotatable bonds is 3. The summed E-state index contributed by atoms with van der Waals surface area (Å²) in [4.78, 5) is 37.9. The Morgan fingerprint density at radius 3 is 2.10 bits per heavy atom. The summed E-state index contributed by atoms with van der Waals surface area (Å²) in [5, 5.41) is 0. The predicted molar refractivity (Wildman–Crippen MR) is 72.9 cm³/mol. The van der Waals surface area contributed by atoms with Gasteiger partial charge in [0.05, 0.1) is 18.4 Å². The van der Waals surface area contributed by atoms with E-state index < -0.39 is 0 Å². The average Bonchev–Trinajstić information content (AvgIpc) is 2.74. The third-order valence-corrected chi connectivity index (χ3v) is 4.33. The molecule has 1 saturated heterocycles. The van der Waals surface area contributed by atoms with Gasteiger partial charge in [0, 0.05) is 5.56 Å². The fraction of sp³-hybridized carbons (Fsp3) is 0.438. The van der Waals surface area contributed by atoms with Crippen molar-refractivity contribution in [1.82, 2.24) is 4.90 Å². The second-order valence-electron chi connectivity index (χ2n) is 5.55. The minimum absolute atomic E-state index is 0.116. The molecule has 0 bridgehead atoms. The number of amides is 2. The topological polar surface area (TPSA) is 54.5 Å². The van der Waals surface area contributed by atoms with Crippen molar-refractivity contribution in [2.45, 2.75) is 25.7 Å². The molecule has 0 radical (unpaired) electrons. The molecule has 1 aliphatic heterocycles. The molecule has 2 aliphatic rings. The summed E-state index contributed by atoms with van der Waals surface area (Å²) in [6.07, 6.45) is 3.57. The molecule has 4 nitrogen and oxygen atoms in total. The number of hydrogen-bond donors (Lipinski definition) is 0. The lowest BCUT2D eigenvalue weighted by molar-refractivity contribution is -0.139. The largest absolute Gasteiger partial charge is 0.292 e. The highest BCUT2D eigenvalue weighted by molar-refractivity contribution is 6.09. The lowest BCUT2D eigenvalue weighted by Crippen LogP contribution is -2.35. The van der Waals surface area contributed by atoms with Gasteiger partial charge in [-0.25, -0.2) is 0 Å². The molecule has 0 N–H and O–H groups in total. The van der Waals surface area contributed by atoms with Crippen molar-refractivity contribution in [2.24, 2.45) is 11.8 Å². The Balaban J connectivity index is 1.76. The van der Waals surface area contributed by atoms with E-state index in [2.05, 4.69) is 0 Å². The van der Waals surface area contributed by atoms with Crippen LogP contribution in [0.5, 0.6) is 0 Å². The van der Waals surface area contributed by atoms with Gasteiger partial charge in [0.25, 0.3) is 0 Å². The summed E-state index contributed by atoms with van der Waals surface area (Å²) in [5.74, 6) is -0.835. The molecule has 2 amide bonds. The van der Waals surface area contributed by atoms with Crippen LogP contribution in [-0.2, 0) is 9.59 Å². The molecule has 1 aromatic carbocycles. The Morgan fingerprint density at radius 2 is 1.55 bits per heavy atom. The normalized spacial score (nSPS) is 25.7. The highest BCUT2D eigenvalue weighted by Gasteiger charge is 2.48. The van der Waals surface area contributed by atoms with Crippen LogP contribution in [0.1, 0.15) is 36.0 Å². The van der Waals surface area contributed by atoms with Crippen molar-refractivity contribution in [3.05, 3.63) is 35.9 Å². The summed E-state index contributed by atoms with van der Waals surface area (Å²) in [5.41, 5.74) is 0.544. The van der Waals surface area contributed by atoms with Gasteiger partial charge in [-0.15, -0.1) is 0 Å². The maximum absolute atomic E-state index is 12.3. The number of nitrogens with zero attached hydrogens (tertiary/aromatic N) is 1. The minimum atomic E-state index is -0.181. The predicted octanol–water partition coefficient (Wildman–Crippen LogP) is 2.04. The van der Waals surface area contributed by atoms with Crippen molar-refractivity contribution >= 4 is 17.6 Å². The van der Waals surface area contributed by atoms with Gasteiger partial charge in [-0.05, 0) is 12.8 Å². The van der Waals surface area contributed by atoms with Crippen molar-refractivity contribution in [1.29, 1.82) is 0 Å². The number of hydrogen-bond acceptors (Lipinski definition) is 3. The summed E-state index contributed by atoms with van der Waals surface area (Å²) in [7, 11) is 0. The fourth-order valence-corrected chi connectivity index (χ4v) is 3.25. The number of carbonyl (C=O) groups excluding carboxylic acids is 3. The first-order valence-corrected chi connectivity index (χ1v) is 7.12. The van der Waals surface area contributed by atoms with E-state index in [1.54, 1.807) is 24.3 Å². The monoisotopic (exact) mass is 271 g/mol. The van der Waals surface area contributed by atoms with Gasteiger partial charge in [0.15, 0.2) is 5.78 Å². The number of likely N-dealkylation sites (tertiary alicyclic amines) is 1. The van der Waals surface area contributed by atoms with Gasteiger partial charge in [-0.1, -0.05) is 43.2 Å². The molecule has 20 heavy (non-hydrogen) atoms. The first-order valence-electron chi connectivity index (χ1n) is 7.12. The molecular weight excluding hydrogens is 254 g/mol. The van der Waals surface area contributed by atoms with E-state index in [9.17, 15) is 14.4 Å². The summed E-state index contributed by atoms with van der Waals surface area (Å²) in [6, 6.07) is 8.81. The third kappa shape index (κ3) is 2.15. The van der Waals surface area contributed by atoms with Crippen LogP contribution in [0.3, 0.4) is 0 Å². The average molecular weight is 271 g/mol. The molecular formula is C16H17NO3. The second-order valence-corrected chi connectivity index (χ2v) is 5.55. The zero-order valence-corrected chi connectivity index (χ0v) is 11.2. The third-order valence-electron chi connectivity index (χ3n) is 4.33. The smallest absolute Gasteiger partial charge is 0.233 e. The van der Waals surface area contributed by atoms with E-state index in [0.717, 1.165) is 25.7 Å². The van der Waals surface area contributed by atoms with Crippen LogP contribution in [0.15, 0.2) is 30.3 Å². The zero-order chi connectivity index (χ0) is 14.1. The van der Waals surface area contributed by atoms with E-state index in [1.165, 1.54) is 4.90 Å². The molecule has 2 fully saturated rings. The highest BCUT2D eigenvalue weighted by Crippen LogP contribution is 2.37. The molecule has 1 heterocycles. The van der Waals surface area contributed by atoms with Crippen molar-refractivity contribution < 1.29 is 14.4 Å². The standard InChI is InChI=1S/C16H17NO3/c18-14(11-6-2-1-3-7-11)10-17-15(19)12-8-4-5-9-13(12)16(17)20/h1-3,6-7,12-13H,4-5,8-10H2/t12-,13-/m0/s1. The number of ketones is 1. The molecule has 1 saturated carbocycles. The SMILES string of the molecule is O=C(CN1C(=O)[C@H]2CCCC[C@@H]2C1=O)c1ccccc1. The number of Topliss-reactive ketones (excluding diaryl/α,β-unsaturated/α-hetero) is 1. The molecule has 2 atom stereocenters. The molecule has 0 unspecified atom stereocenters. The van der Waals surface area contributed by atoms with Gasteiger partial charge >= 0.3 is 0 Å². The Bertz CT molecular complexity index is 528. The van der Waals surface area contributed by atoms with E-state index in [1.807, 2.05) is 6.07 Å². The van der Waals surface area contributed by atoms with Crippen LogP contribution >= 0.6 is 0 Å². The van der Waals surface area contributed by atoms with Crippen LogP contribution in [0.2, 0.25) is 0 Å². The summed E-state index contributed by atoms with van der Waals surface area (Å²) < 4.78 is 0. The molecule has 1 aliphatic carbocycles. The lowest BCUT2D eigenvalue weighted by Gasteiger charge is -2.19. The molecule has 104 valence electrons. The first kappa shape index (κ1) is 13.0. The fourth-order valence-electron chi connectivity index (χ4n) is 3.25. The maximum Gasteiger partial charge on any atom is 0.233 e. The summed E-state index contributed by atoms with van der Waals surface area (Å²) >= 11 is 0. The van der Waals surface area contributed by atoms with Crippen molar-refractivity contribution in [2.75, 3.05) is 6.54 Å². The van der Waals surface area contributed by atoms with Crippen LogP contribution in [-0.4, -0.2) is 29.0 Å². The van der Waals surface area contributed by atoms with E-state index >= 15 is 0 Å². The maximum atomic E-state index is 12.3. The van der Waals surface area contributed by atoms with E-state index in [-0.39, 0.29) is 36.0 Å². The van der Waals surface area contributed by atoms with Crippen LogP contribution in [0, 0.1) is 11.8 Å². The highest BCUT2D eigenvalue weighted by atomic mass is 16.2. The Labute approximate surface area is 117 Å². The van der Waals surface area contributed by atoms with Crippen LogP contribution < -0.4 is 0 Å². The summed E-state index contributed by atoms with van der Waals surface area (Å²) in [6.45, 7) is -0.116. The minimum Gasteiger partial charge on any atom is -0.292 e. The second kappa shape index (κ2) is 5.19. The zero-order valence-electron chi connectivity index (χ0n) is 11.2. The van der Waals surface area contributed by atoms with E-state index in [4.69, 9.17) is 0 Å². The van der Waals surface area contributed by atoms with Gasteiger partial charge in [0.2, 0.25) is 11.8 Å².